The number of amides is 1. The lowest BCUT2D eigenvalue weighted by molar-refractivity contribution is -0.119. The minimum absolute atomic E-state index is 0.145. The van der Waals surface area contributed by atoms with Crippen LogP contribution in [0.1, 0.15) is 22.3 Å². The molecule has 0 radical (unpaired) electrons. The van der Waals surface area contributed by atoms with Crippen LogP contribution in [0.3, 0.4) is 0 Å². The van der Waals surface area contributed by atoms with Gasteiger partial charge in [-0.15, -0.1) is 0 Å². The van der Waals surface area contributed by atoms with Gasteiger partial charge in [-0.1, -0.05) is 65.7 Å². The smallest absolute Gasteiger partial charge is 0.264 e. The summed E-state index contributed by atoms with van der Waals surface area (Å²) in [6.07, 6.45) is 0. The third-order valence-corrected chi connectivity index (χ3v) is 6.97. The maximum Gasteiger partial charge on any atom is 0.264 e. The van der Waals surface area contributed by atoms with Crippen molar-refractivity contribution in [2.45, 2.75) is 32.3 Å². The Bertz CT molecular complexity index is 1180. The molecule has 3 rings (SSSR count). The van der Waals surface area contributed by atoms with E-state index < -0.39 is 15.9 Å². The van der Waals surface area contributed by atoms with Crippen molar-refractivity contribution < 1.29 is 17.9 Å². The predicted molar refractivity (Wildman–Crippen MR) is 131 cm³/mol. The summed E-state index contributed by atoms with van der Waals surface area (Å²) in [5, 5.41) is 2.76. The Kier molecular flexibility index (Phi) is 8.25. The van der Waals surface area contributed by atoms with E-state index in [1.54, 1.807) is 30.3 Å². The normalized spacial score (nSPS) is 11.2. The molecule has 6 nitrogen and oxygen atoms in total. The first kappa shape index (κ1) is 24.5. The zero-order chi connectivity index (χ0) is 23.8. The van der Waals surface area contributed by atoms with Crippen LogP contribution in [-0.4, -0.2) is 34.0 Å². The first-order valence-electron chi connectivity index (χ1n) is 10.8. The third kappa shape index (κ3) is 6.66. The standard InChI is InChI=1S/C26H30N2O4S/c1-20-9-12-24(13-10-20)33(30,31)28(25-14-11-21(2)17-22(25)3)18-26(29)27-15-16-32-19-23-7-5-4-6-8-23/h4-14,17H,15-16,18-19H2,1-3H3,(H,27,29). The average molecular weight is 467 g/mol. The van der Waals surface area contributed by atoms with Crippen LogP contribution < -0.4 is 9.62 Å². The van der Waals surface area contributed by atoms with Crippen molar-refractivity contribution in [2.75, 3.05) is 24.0 Å². The summed E-state index contributed by atoms with van der Waals surface area (Å²) in [6.45, 7) is 6.43. The van der Waals surface area contributed by atoms with Crippen LogP contribution in [0.4, 0.5) is 5.69 Å². The van der Waals surface area contributed by atoms with Crippen molar-refractivity contribution in [1.29, 1.82) is 0 Å². The molecule has 3 aromatic carbocycles. The number of hydrogen-bond acceptors (Lipinski definition) is 4. The molecule has 0 aliphatic rings. The molecule has 0 fully saturated rings. The average Bonchev–Trinajstić information content (AvgIpc) is 2.78. The first-order chi connectivity index (χ1) is 15.8. The van der Waals surface area contributed by atoms with Crippen LogP contribution in [0.15, 0.2) is 77.7 Å². The van der Waals surface area contributed by atoms with E-state index in [4.69, 9.17) is 4.74 Å². The monoisotopic (exact) mass is 466 g/mol. The van der Waals surface area contributed by atoms with Gasteiger partial charge in [-0.05, 0) is 50.1 Å². The van der Waals surface area contributed by atoms with E-state index >= 15 is 0 Å². The Morgan fingerprint density at radius 2 is 1.58 bits per heavy atom. The minimum Gasteiger partial charge on any atom is -0.375 e. The van der Waals surface area contributed by atoms with Crippen LogP contribution in [0.25, 0.3) is 0 Å². The van der Waals surface area contributed by atoms with Gasteiger partial charge in [0.2, 0.25) is 5.91 Å². The second-order valence-corrected chi connectivity index (χ2v) is 9.87. The van der Waals surface area contributed by atoms with Gasteiger partial charge < -0.3 is 10.1 Å². The second kappa shape index (κ2) is 11.1. The molecule has 0 heterocycles. The van der Waals surface area contributed by atoms with Gasteiger partial charge in [-0.2, -0.15) is 0 Å². The van der Waals surface area contributed by atoms with Crippen LogP contribution >= 0.6 is 0 Å². The fourth-order valence-electron chi connectivity index (χ4n) is 3.44. The van der Waals surface area contributed by atoms with E-state index in [0.29, 0.717) is 18.9 Å². The molecule has 7 heteroatoms. The highest BCUT2D eigenvalue weighted by atomic mass is 32.2. The molecule has 0 saturated heterocycles. The summed E-state index contributed by atoms with van der Waals surface area (Å²) in [7, 11) is -3.93. The van der Waals surface area contributed by atoms with E-state index in [0.717, 1.165) is 22.3 Å². The molecule has 3 aromatic rings. The zero-order valence-corrected chi connectivity index (χ0v) is 20.1. The number of hydrogen-bond donors (Lipinski definition) is 1. The third-order valence-electron chi connectivity index (χ3n) is 5.20. The second-order valence-electron chi connectivity index (χ2n) is 8.00. The number of aryl methyl sites for hydroxylation is 3. The molecule has 0 aromatic heterocycles. The Labute approximate surface area is 196 Å². The lowest BCUT2D eigenvalue weighted by atomic mass is 10.1. The molecule has 0 bridgehead atoms. The highest BCUT2D eigenvalue weighted by molar-refractivity contribution is 7.92. The van der Waals surface area contributed by atoms with Gasteiger partial charge in [-0.3, -0.25) is 9.10 Å². The number of nitrogens with one attached hydrogen (secondary N) is 1. The number of benzene rings is 3. The van der Waals surface area contributed by atoms with Crippen molar-refractivity contribution in [1.82, 2.24) is 5.32 Å². The van der Waals surface area contributed by atoms with Gasteiger partial charge in [0.1, 0.15) is 6.54 Å². The van der Waals surface area contributed by atoms with Crippen LogP contribution in [-0.2, 0) is 26.2 Å². The van der Waals surface area contributed by atoms with E-state index in [1.807, 2.05) is 63.2 Å². The zero-order valence-electron chi connectivity index (χ0n) is 19.2. The lowest BCUT2D eigenvalue weighted by Gasteiger charge is -2.26. The van der Waals surface area contributed by atoms with Crippen molar-refractivity contribution >= 4 is 21.6 Å². The molecular weight excluding hydrogens is 436 g/mol. The molecule has 0 saturated carbocycles. The van der Waals surface area contributed by atoms with Crippen LogP contribution in [0.2, 0.25) is 0 Å². The first-order valence-corrected chi connectivity index (χ1v) is 12.3. The highest BCUT2D eigenvalue weighted by Gasteiger charge is 2.28. The van der Waals surface area contributed by atoms with Crippen molar-refractivity contribution in [3.05, 3.63) is 95.1 Å². The summed E-state index contributed by atoms with van der Waals surface area (Å²) in [6, 6.07) is 21.9. The van der Waals surface area contributed by atoms with Crippen LogP contribution in [0.5, 0.6) is 0 Å². The molecule has 174 valence electrons. The molecule has 0 spiro atoms. The molecule has 0 atom stereocenters. The molecule has 0 aliphatic heterocycles. The molecule has 33 heavy (non-hydrogen) atoms. The number of sulfonamides is 1. The van der Waals surface area contributed by atoms with E-state index in [-0.39, 0.29) is 18.0 Å². The van der Waals surface area contributed by atoms with Crippen molar-refractivity contribution in [3.63, 3.8) is 0 Å². The number of carbonyl (C=O) groups excluding carboxylic acids is 1. The van der Waals surface area contributed by atoms with Gasteiger partial charge in [0, 0.05) is 6.54 Å². The largest absolute Gasteiger partial charge is 0.375 e. The number of anilines is 1. The van der Waals surface area contributed by atoms with Crippen molar-refractivity contribution in [2.24, 2.45) is 0 Å². The maximum absolute atomic E-state index is 13.5. The fraction of sp³-hybridized carbons (Fsp3) is 0.269. The predicted octanol–water partition coefficient (Wildman–Crippen LogP) is 4.14. The van der Waals surface area contributed by atoms with E-state index in [2.05, 4.69) is 5.32 Å². The van der Waals surface area contributed by atoms with Crippen molar-refractivity contribution in [3.8, 4) is 0 Å². The summed E-state index contributed by atoms with van der Waals surface area (Å²) >= 11 is 0. The quantitative estimate of drug-likeness (QED) is 0.456. The van der Waals surface area contributed by atoms with Gasteiger partial charge in [-0.25, -0.2) is 8.42 Å². The van der Waals surface area contributed by atoms with Gasteiger partial charge in [0.15, 0.2) is 0 Å². The van der Waals surface area contributed by atoms with Gasteiger partial charge in [0.05, 0.1) is 23.8 Å². The Morgan fingerprint density at radius 3 is 2.24 bits per heavy atom. The number of carbonyl (C=O) groups is 1. The number of nitrogens with zero attached hydrogens (tertiary/aromatic N) is 1. The Balaban J connectivity index is 1.70. The summed E-state index contributed by atoms with van der Waals surface area (Å²) in [5.41, 5.74) is 4.29. The molecule has 1 amide bonds. The molecule has 0 aliphatic carbocycles. The molecule has 1 N–H and O–H groups in total. The summed E-state index contributed by atoms with van der Waals surface area (Å²) in [5.74, 6) is -0.394. The molecular formula is C26H30N2O4S. The number of rotatable bonds is 10. The SMILES string of the molecule is Cc1ccc(S(=O)(=O)N(CC(=O)NCCOCc2ccccc2)c2ccc(C)cc2C)cc1. The molecule has 0 unspecified atom stereocenters. The van der Waals surface area contributed by atoms with Crippen LogP contribution in [0, 0.1) is 20.8 Å². The maximum atomic E-state index is 13.5. The Hall–Kier alpha value is -3.16. The summed E-state index contributed by atoms with van der Waals surface area (Å²) < 4.78 is 33.7. The number of ether oxygens (including phenoxy) is 1. The van der Waals surface area contributed by atoms with Gasteiger partial charge in [0.25, 0.3) is 10.0 Å². The summed E-state index contributed by atoms with van der Waals surface area (Å²) in [4.78, 5) is 12.8. The minimum atomic E-state index is -3.93. The Morgan fingerprint density at radius 1 is 0.909 bits per heavy atom. The lowest BCUT2D eigenvalue weighted by Crippen LogP contribution is -2.42. The fourth-order valence-corrected chi connectivity index (χ4v) is 4.92. The van der Waals surface area contributed by atoms with E-state index in [1.165, 1.54) is 4.31 Å². The van der Waals surface area contributed by atoms with E-state index in [9.17, 15) is 13.2 Å². The van der Waals surface area contributed by atoms with Gasteiger partial charge >= 0.3 is 0 Å². The topological polar surface area (TPSA) is 75.7 Å². The highest BCUT2D eigenvalue weighted by Crippen LogP contribution is 2.27.